The van der Waals surface area contributed by atoms with Crippen LogP contribution in [0.5, 0.6) is 0 Å². The van der Waals surface area contributed by atoms with Crippen molar-refractivity contribution in [1.82, 2.24) is 10.2 Å². The Hall–Kier alpha value is -1.16. The molecule has 0 unspecified atom stereocenters. The maximum absolute atomic E-state index is 3.47. The predicted octanol–water partition coefficient (Wildman–Crippen LogP) is 2.95. The molecule has 3 heterocycles. The fourth-order valence-electron chi connectivity index (χ4n) is 3.44. The van der Waals surface area contributed by atoms with Crippen molar-refractivity contribution in [1.29, 1.82) is 0 Å². The molecule has 0 saturated heterocycles. The van der Waals surface area contributed by atoms with E-state index >= 15 is 0 Å². The SMILES string of the molecule is c1cc2c(c(CN3CCc4sccc4C3)c1)CCNC2. The van der Waals surface area contributed by atoms with Gasteiger partial charge in [0.05, 0.1) is 0 Å². The van der Waals surface area contributed by atoms with Gasteiger partial charge < -0.3 is 5.32 Å². The number of nitrogens with one attached hydrogen (secondary N) is 1. The summed E-state index contributed by atoms with van der Waals surface area (Å²) < 4.78 is 0. The van der Waals surface area contributed by atoms with Crippen LogP contribution in [0, 0.1) is 0 Å². The summed E-state index contributed by atoms with van der Waals surface area (Å²) in [7, 11) is 0. The summed E-state index contributed by atoms with van der Waals surface area (Å²) in [5, 5.41) is 5.71. The van der Waals surface area contributed by atoms with Gasteiger partial charge in [0.15, 0.2) is 0 Å². The average molecular weight is 284 g/mol. The lowest BCUT2D eigenvalue weighted by molar-refractivity contribution is 0.246. The summed E-state index contributed by atoms with van der Waals surface area (Å²) in [6, 6.07) is 9.13. The van der Waals surface area contributed by atoms with Crippen LogP contribution in [0.25, 0.3) is 0 Å². The van der Waals surface area contributed by atoms with Crippen LogP contribution in [0.4, 0.5) is 0 Å². The molecule has 1 aromatic heterocycles. The highest BCUT2D eigenvalue weighted by Crippen LogP contribution is 2.26. The van der Waals surface area contributed by atoms with Crippen LogP contribution in [0.1, 0.15) is 27.1 Å². The third kappa shape index (κ3) is 2.30. The van der Waals surface area contributed by atoms with E-state index in [1.54, 1.807) is 21.6 Å². The Kier molecular flexibility index (Phi) is 3.34. The average Bonchev–Trinajstić information content (AvgIpc) is 2.95. The first-order valence-electron chi connectivity index (χ1n) is 7.48. The smallest absolute Gasteiger partial charge is 0.0248 e. The van der Waals surface area contributed by atoms with Gasteiger partial charge in [-0.05, 0) is 53.1 Å². The van der Waals surface area contributed by atoms with Gasteiger partial charge in [0, 0.05) is 31.1 Å². The summed E-state index contributed by atoms with van der Waals surface area (Å²) in [5.74, 6) is 0. The second-order valence-electron chi connectivity index (χ2n) is 5.81. The highest BCUT2D eigenvalue weighted by molar-refractivity contribution is 7.10. The van der Waals surface area contributed by atoms with E-state index in [1.807, 2.05) is 11.3 Å². The predicted molar refractivity (Wildman–Crippen MR) is 84.0 cm³/mol. The molecule has 20 heavy (non-hydrogen) atoms. The standard InChI is InChI=1S/C17H20N2S/c1-2-13-10-18-7-4-16(13)14(3-1)11-19-8-5-17-15(12-19)6-9-20-17/h1-3,6,9,18H,4-5,7-8,10-12H2. The lowest BCUT2D eigenvalue weighted by atomic mass is 9.95. The molecule has 0 bridgehead atoms. The summed E-state index contributed by atoms with van der Waals surface area (Å²) in [6.45, 7) is 5.60. The van der Waals surface area contributed by atoms with Crippen molar-refractivity contribution < 1.29 is 0 Å². The first-order chi connectivity index (χ1) is 9.90. The van der Waals surface area contributed by atoms with Crippen molar-refractivity contribution in [2.24, 2.45) is 0 Å². The molecule has 0 fully saturated rings. The van der Waals surface area contributed by atoms with Crippen molar-refractivity contribution in [3.05, 3.63) is 56.8 Å². The van der Waals surface area contributed by atoms with Gasteiger partial charge in [0.1, 0.15) is 0 Å². The van der Waals surface area contributed by atoms with Crippen molar-refractivity contribution in [2.75, 3.05) is 13.1 Å². The van der Waals surface area contributed by atoms with E-state index in [9.17, 15) is 0 Å². The van der Waals surface area contributed by atoms with E-state index < -0.39 is 0 Å². The molecule has 0 atom stereocenters. The summed E-state index contributed by atoms with van der Waals surface area (Å²) >= 11 is 1.92. The zero-order chi connectivity index (χ0) is 13.4. The Morgan fingerprint density at radius 3 is 3.15 bits per heavy atom. The van der Waals surface area contributed by atoms with Gasteiger partial charge in [-0.1, -0.05) is 18.2 Å². The quantitative estimate of drug-likeness (QED) is 0.912. The first kappa shape index (κ1) is 12.6. The minimum atomic E-state index is 1.04. The van der Waals surface area contributed by atoms with Crippen LogP contribution >= 0.6 is 11.3 Å². The number of fused-ring (bicyclic) bond motifs is 2. The van der Waals surface area contributed by atoms with Crippen LogP contribution < -0.4 is 5.32 Å². The zero-order valence-electron chi connectivity index (χ0n) is 11.7. The minimum Gasteiger partial charge on any atom is -0.312 e. The fraction of sp³-hybridized carbons (Fsp3) is 0.412. The topological polar surface area (TPSA) is 15.3 Å². The molecular formula is C17H20N2S. The molecule has 2 nitrogen and oxygen atoms in total. The van der Waals surface area contributed by atoms with E-state index in [2.05, 4.69) is 39.9 Å². The fourth-order valence-corrected chi connectivity index (χ4v) is 4.33. The molecule has 3 heteroatoms. The van der Waals surface area contributed by atoms with Gasteiger partial charge in [-0.25, -0.2) is 0 Å². The second kappa shape index (κ2) is 5.32. The molecule has 4 rings (SSSR count). The molecule has 0 amide bonds. The maximum atomic E-state index is 3.47. The Balaban J connectivity index is 1.55. The van der Waals surface area contributed by atoms with Gasteiger partial charge in [0.2, 0.25) is 0 Å². The van der Waals surface area contributed by atoms with Crippen molar-refractivity contribution >= 4 is 11.3 Å². The van der Waals surface area contributed by atoms with E-state index in [0.717, 1.165) is 26.2 Å². The highest BCUT2D eigenvalue weighted by atomic mass is 32.1. The molecule has 2 aliphatic rings. The van der Waals surface area contributed by atoms with Crippen LogP contribution in [0.3, 0.4) is 0 Å². The van der Waals surface area contributed by atoms with Crippen LogP contribution in [-0.2, 0) is 32.5 Å². The number of thiophene rings is 1. The highest BCUT2D eigenvalue weighted by Gasteiger charge is 2.19. The molecule has 0 aliphatic carbocycles. The Morgan fingerprint density at radius 1 is 1.15 bits per heavy atom. The third-order valence-electron chi connectivity index (χ3n) is 4.52. The van der Waals surface area contributed by atoms with Gasteiger partial charge >= 0.3 is 0 Å². The van der Waals surface area contributed by atoms with Gasteiger partial charge in [-0.15, -0.1) is 11.3 Å². The van der Waals surface area contributed by atoms with Crippen molar-refractivity contribution in [2.45, 2.75) is 32.5 Å². The van der Waals surface area contributed by atoms with E-state index in [1.165, 1.54) is 24.9 Å². The summed E-state index contributed by atoms with van der Waals surface area (Å²) in [6.07, 6.45) is 2.41. The van der Waals surface area contributed by atoms with Crippen LogP contribution in [0.15, 0.2) is 29.6 Å². The Morgan fingerprint density at radius 2 is 2.15 bits per heavy atom. The molecule has 0 spiro atoms. The normalized spacial score (nSPS) is 18.6. The number of hydrogen-bond acceptors (Lipinski definition) is 3. The monoisotopic (exact) mass is 284 g/mol. The number of rotatable bonds is 2. The number of nitrogens with zero attached hydrogens (tertiary/aromatic N) is 1. The van der Waals surface area contributed by atoms with Crippen LogP contribution in [-0.4, -0.2) is 18.0 Å². The van der Waals surface area contributed by atoms with E-state index in [0.29, 0.717) is 0 Å². The Bertz CT molecular complexity index is 617. The number of hydrogen-bond donors (Lipinski definition) is 1. The van der Waals surface area contributed by atoms with Crippen molar-refractivity contribution in [3.8, 4) is 0 Å². The lowest BCUT2D eigenvalue weighted by Gasteiger charge is -2.29. The van der Waals surface area contributed by atoms with E-state index in [4.69, 9.17) is 0 Å². The molecule has 1 aromatic carbocycles. The van der Waals surface area contributed by atoms with Gasteiger partial charge in [0.25, 0.3) is 0 Å². The zero-order valence-corrected chi connectivity index (χ0v) is 12.5. The van der Waals surface area contributed by atoms with Crippen molar-refractivity contribution in [3.63, 3.8) is 0 Å². The molecular weight excluding hydrogens is 264 g/mol. The molecule has 0 radical (unpaired) electrons. The third-order valence-corrected chi connectivity index (χ3v) is 5.54. The Labute approximate surface area is 124 Å². The summed E-state index contributed by atoms with van der Waals surface area (Å²) in [5.41, 5.74) is 6.19. The minimum absolute atomic E-state index is 1.04. The summed E-state index contributed by atoms with van der Waals surface area (Å²) in [4.78, 5) is 4.20. The molecule has 0 saturated carbocycles. The number of benzene rings is 1. The second-order valence-corrected chi connectivity index (χ2v) is 6.81. The first-order valence-corrected chi connectivity index (χ1v) is 8.36. The maximum Gasteiger partial charge on any atom is 0.0248 e. The lowest BCUT2D eigenvalue weighted by Crippen LogP contribution is -2.31. The van der Waals surface area contributed by atoms with Crippen LogP contribution in [0.2, 0.25) is 0 Å². The van der Waals surface area contributed by atoms with Gasteiger partial charge in [-0.3, -0.25) is 4.90 Å². The van der Waals surface area contributed by atoms with E-state index in [-0.39, 0.29) is 0 Å². The molecule has 2 aromatic rings. The molecule has 104 valence electrons. The molecule has 1 N–H and O–H groups in total. The largest absolute Gasteiger partial charge is 0.312 e. The molecule has 2 aliphatic heterocycles. The van der Waals surface area contributed by atoms with Gasteiger partial charge in [-0.2, -0.15) is 0 Å².